The number of hydrogen-bond acceptors (Lipinski definition) is 2. The number of aromatic nitrogens is 2. The van der Waals surface area contributed by atoms with Gasteiger partial charge in [-0.3, -0.25) is 0 Å². The molecular formula is C14H19N3. The molecule has 0 atom stereocenters. The first-order valence-corrected chi connectivity index (χ1v) is 6.30. The van der Waals surface area contributed by atoms with Crippen molar-refractivity contribution in [2.24, 2.45) is 0 Å². The lowest BCUT2D eigenvalue weighted by atomic mass is 10.1. The summed E-state index contributed by atoms with van der Waals surface area (Å²) in [5.41, 5.74) is 1.03. The van der Waals surface area contributed by atoms with Gasteiger partial charge in [0.15, 0.2) is 5.69 Å². The molecule has 1 aromatic heterocycles. The average Bonchev–Trinajstić information content (AvgIpc) is 2.80. The minimum atomic E-state index is 0.389. The highest BCUT2D eigenvalue weighted by molar-refractivity contribution is 5.38. The molecule has 0 aliphatic heterocycles. The van der Waals surface area contributed by atoms with Gasteiger partial charge in [0.2, 0.25) is 0 Å². The highest BCUT2D eigenvalue weighted by atomic mass is 14.9. The molecule has 1 rings (SSSR count). The molecule has 0 unspecified atom stereocenters. The van der Waals surface area contributed by atoms with Gasteiger partial charge in [-0.2, -0.15) is 5.26 Å². The fraction of sp³-hybridized carbons (Fsp3) is 0.571. The van der Waals surface area contributed by atoms with Crippen LogP contribution in [0.1, 0.15) is 63.3 Å². The Bertz CT molecular complexity index is 415. The van der Waals surface area contributed by atoms with Crippen molar-refractivity contribution >= 4 is 0 Å². The van der Waals surface area contributed by atoms with Gasteiger partial charge in [0.1, 0.15) is 11.8 Å². The number of nitrogens with zero attached hydrogens (tertiary/aromatic N) is 2. The predicted octanol–water partition coefficient (Wildman–Crippen LogP) is 3.38. The van der Waals surface area contributed by atoms with Gasteiger partial charge >= 0.3 is 0 Å². The van der Waals surface area contributed by atoms with Crippen LogP contribution in [0.4, 0.5) is 0 Å². The lowest BCUT2D eigenvalue weighted by Crippen LogP contribution is -1.81. The van der Waals surface area contributed by atoms with Crippen LogP contribution in [0.15, 0.2) is 6.33 Å². The quantitative estimate of drug-likeness (QED) is 0.600. The molecule has 0 aliphatic carbocycles. The van der Waals surface area contributed by atoms with E-state index in [1.807, 2.05) is 6.07 Å². The second-order valence-electron chi connectivity index (χ2n) is 4.06. The molecule has 0 spiro atoms. The Kier molecular flexibility index (Phi) is 6.60. The normalized spacial score (nSPS) is 9.41. The molecule has 0 radical (unpaired) electrons. The minimum Gasteiger partial charge on any atom is -0.337 e. The first-order chi connectivity index (χ1) is 8.38. The van der Waals surface area contributed by atoms with Crippen molar-refractivity contribution in [1.82, 2.24) is 9.97 Å². The Morgan fingerprint density at radius 1 is 1.24 bits per heavy atom. The molecule has 0 aliphatic rings. The van der Waals surface area contributed by atoms with Crippen molar-refractivity contribution in [1.29, 1.82) is 5.26 Å². The largest absolute Gasteiger partial charge is 0.337 e. The third-order valence-corrected chi connectivity index (χ3v) is 2.61. The summed E-state index contributed by atoms with van der Waals surface area (Å²) < 4.78 is 0. The molecule has 0 saturated heterocycles. The fourth-order valence-corrected chi connectivity index (χ4v) is 1.62. The van der Waals surface area contributed by atoms with Crippen LogP contribution in [-0.4, -0.2) is 9.97 Å². The van der Waals surface area contributed by atoms with E-state index in [4.69, 9.17) is 5.26 Å². The maximum atomic E-state index is 8.73. The number of rotatable bonds is 6. The van der Waals surface area contributed by atoms with Crippen LogP contribution in [0.2, 0.25) is 0 Å². The number of nitriles is 1. The van der Waals surface area contributed by atoms with Gasteiger partial charge < -0.3 is 4.98 Å². The first kappa shape index (κ1) is 13.3. The molecule has 1 heterocycles. The summed E-state index contributed by atoms with van der Waals surface area (Å²) in [5, 5.41) is 8.73. The van der Waals surface area contributed by atoms with E-state index in [0.717, 1.165) is 12.8 Å². The topological polar surface area (TPSA) is 52.5 Å². The molecule has 0 saturated carbocycles. The number of hydrogen-bond donors (Lipinski definition) is 1. The van der Waals surface area contributed by atoms with E-state index >= 15 is 0 Å². The summed E-state index contributed by atoms with van der Waals surface area (Å²) >= 11 is 0. The number of H-pyrrole nitrogens is 1. The summed E-state index contributed by atoms with van der Waals surface area (Å²) in [6.07, 6.45) is 10.1. The maximum Gasteiger partial charge on any atom is 0.174 e. The summed E-state index contributed by atoms with van der Waals surface area (Å²) in [4.78, 5) is 6.73. The summed E-state index contributed by atoms with van der Waals surface area (Å²) in [6.45, 7) is 2.22. The Morgan fingerprint density at radius 3 is 2.76 bits per heavy atom. The second kappa shape index (κ2) is 8.42. The van der Waals surface area contributed by atoms with Gasteiger partial charge in [-0.1, -0.05) is 44.9 Å². The molecule has 0 amide bonds. The Hall–Kier alpha value is -1.74. The minimum absolute atomic E-state index is 0.389. The molecule has 90 valence electrons. The zero-order valence-electron chi connectivity index (χ0n) is 10.4. The van der Waals surface area contributed by atoms with E-state index in [9.17, 15) is 0 Å². The average molecular weight is 229 g/mol. The number of aromatic amines is 1. The van der Waals surface area contributed by atoms with Crippen LogP contribution in [0.3, 0.4) is 0 Å². The van der Waals surface area contributed by atoms with E-state index in [1.165, 1.54) is 38.4 Å². The van der Waals surface area contributed by atoms with Gasteiger partial charge in [0.25, 0.3) is 0 Å². The second-order valence-corrected chi connectivity index (χ2v) is 4.06. The molecule has 0 bridgehead atoms. The first-order valence-electron chi connectivity index (χ1n) is 6.30. The molecule has 3 heteroatoms. The highest BCUT2D eigenvalue weighted by Gasteiger charge is 1.99. The fourth-order valence-electron chi connectivity index (χ4n) is 1.62. The van der Waals surface area contributed by atoms with E-state index < -0.39 is 0 Å². The van der Waals surface area contributed by atoms with Crippen molar-refractivity contribution < 1.29 is 0 Å². The summed E-state index contributed by atoms with van der Waals surface area (Å²) in [5.74, 6) is 6.04. The zero-order valence-corrected chi connectivity index (χ0v) is 10.4. The number of unbranched alkanes of at least 4 members (excludes halogenated alkanes) is 6. The number of nitrogens with one attached hydrogen (secondary N) is 1. The van der Waals surface area contributed by atoms with Crippen molar-refractivity contribution in [3.05, 3.63) is 17.7 Å². The van der Waals surface area contributed by atoms with Gasteiger partial charge in [-0.05, 0) is 12.3 Å². The molecule has 1 N–H and O–H groups in total. The van der Waals surface area contributed by atoms with Gasteiger partial charge in [0.05, 0.1) is 6.33 Å². The predicted molar refractivity (Wildman–Crippen MR) is 68.2 cm³/mol. The van der Waals surface area contributed by atoms with Gasteiger partial charge in [-0.25, -0.2) is 4.98 Å². The van der Waals surface area contributed by atoms with E-state index in [0.29, 0.717) is 11.4 Å². The van der Waals surface area contributed by atoms with E-state index in [-0.39, 0.29) is 0 Å². The summed E-state index contributed by atoms with van der Waals surface area (Å²) in [7, 11) is 0. The van der Waals surface area contributed by atoms with Crippen LogP contribution in [0.5, 0.6) is 0 Å². The standard InChI is InChI=1S/C14H19N3/c1-2-3-4-5-6-7-8-9-10-13-14(11-15)17-12-16-13/h12H,2-8H2,1H3,(H,16,17). The SMILES string of the molecule is CCCCCCCCC#Cc1[nH]cnc1C#N. The molecule has 0 aromatic carbocycles. The molecule has 17 heavy (non-hydrogen) atoms. The third-order valence-electron chi connectivity index (χ3n) is 2.61. The smallest absolute Gasteiger partial charge is 0.174 e. The van der Waals surface area contributed by atoms with Crippen LogP contribution >= 0.6 is 0 Å². The maximum absolute atomic E-state index is 8.73. The van der Waals surface area contributed by atoms with E-state index in [1.54, 1.807) is 0 Å². The van der Waals surface area contributed by atoms with Crippen LogP contribution in [-0.2, 0) is 0 Å². The van der Waals surface area contributed by atoms with Crippen LogP contribution in [0, 0.1) is 23.2 Å². The lowest BCUT2D eigenvalue weighted by molar-refractivity contribution is 0.614. The van der Waals surface area contributed by atoms with Crippen molar-refractivity contribution in [3.8, 4) is 17.9 Å². The third kappa shape index (κ3) is 5.22. The molecular weight excluding hydrogens is 210 g/mol. The lowest BCUT2D eigenvalue weighted by Gasteiger charge is -1.96. The molecule has 0 fully saturated rings. The van der Waals surface area contributed by atoms with Crippen molar-refractivity contribution in [3.63, 3.8) is 0 Å². The Morgan fingerprint density at radius 2 is 2.00 bits per heavy atom. The molecule has 1 aromatic rings. The van der Waals surface area contributed by atoms with Crippen LogP contribution < -0.4 is 0 Å². The highest BCUT2D eigenvalue weighted by Crippen LogP contribution is 2.06. The van der Waals surface area contributed by atoms with Gasteiger partial charge in [0, 0.05) is 6.42 Å². The van der Waals surface area contributed by atoms with Gasteiger partial charge in [-0.15, -0.1) is 0 Å². The summed E-state index contributed by atoms with van der Waals surface area (Å²) in [6, 6.07) is 2.01. The zero-order chi connectivity index (χ0) is 12.3. The Labute approximate surface area is 103 Å². The Balaban J connectivity index is 2.17. The van der Waals surface area contributed by atoms with Crippen molar-refractivity contribution in [2.75, 3.05) is 0 Å². The number of imidazole rings is 1. The van der Waals surface area contributed by atoms with E-state index in [2.05, 4.69) is 28.7 Å². The monoisotopic (exact) mass is 229 g/mol. The van der Waals surface area contributed by atoms with Crippen LogP contribution in [0.25, 0.3) is 0 Å². The molecule has 3 nitrogen and oxygen atoms in total. The van der Waals surface area contributed by atoms with Crippen molar-refractivity contribution in [2.45, 2.75) is 51.9 Å².